The summed E-state index contributed by atoms with van der Waals surface area (Å²) in [4.78, 5) is 17.7. The van der Waals surface area contributed by atoms with Crippen LogP contribution in [0.3, 0.4) is 0 Å². The summed E-state index contributed by atoms with van der Waals surface area (Å²) in [7, 11) is 1.67. The van der Waals surface area contributed by atoms with Crippen molar-refractivity contribution in [1.29, 1.82) is 0 Å². The smallest absolute Gasteiger partial charge is 0.404 e. The molecule has 1 saturated heterocycles. The first-order valence-corrected chi connectivity index (χ1v) is 9.42. The zero-order valence-corrected chi connectivity index (χ0v) is 15.5. The van der Waals surface area contributed by atoms with Crippen LogP contribution in [0.5, 0.6) is 11.5 Å². The number of fused-ring (bicyclic) bond motifs is 3. The van der Waals surface area contributed by atoms with Gasteiger partial charge in [-0.1, -0.05) is 0 Å². The average Bonchev–Trinajstić information content (AvgIpc) is 2.68. The maximum atomic E-state index is 10.8. The summed E-state index contributed by atoms with van der Waals surface area (Å²) in [6.07, 6.45) is 3.57. The number of rotatable bonds is 4. The van der Waals surface area contributed by atoms with Crippen LogP contribution in [0, 0.1) is 5.92 Å². The van der Waals surface area contributed by atoms with Gasteiger partial charge in [0.25, 0.3) is 0 Å². The number of piperidine rings is 1. The highest BCUT2D eigenvalue weighted by molar-refractivity contribution is 5.85. The molecule has 0 bridgehead atoms. The number of benzene rings is 1. The number of hydrogen-bond donors (Lipinski definition) is 2. The van der Waals surface area contributed by atoms with E-state index in [1.165, 1.54) is 5.56 Å². The Morgan fingerprint density at radius 1 is 1.41 bits per heavy atom. The van der Waals surface area contributed by atoms with Crippen molar-refractivity contribution in [2.24, 2.45) is 5.92 Å². The van der Waals surface area contributed by atoms with Gasteiger partial charge in [-0.3, -0.25) is 4.98 Å². The molecule has 7 heteroatoms. The van der Waals surface area contributed by atoms with Crippen molar-refractivity contribution in [1.82, 2.24) is 15.2 Å². The fraction of sp³-hybridized carbons (Fsp3) is 0.500. The van der Waals surface area contributed by atoms with Crippen LogP contribution in [0.25, 0.3) is 10.9 Å². The van der Waals surface area contributed by atoms with Gasteiger partial charge in [0.1, 0.15) is 11.5 Å². The Balaban J connectivity index is 1.44. The van der Waals surface area contributed by atoms with E-state index in [2.05, 4.69) is 15.2 Å². The summed E-state index contributed by atoms with van der Waals surface area (Å²) in [5.74, 6) is 2.11. The van der Waals surface area contributed by atoms with Gasteiger partial charge in [0.2, 0.25) is 0 Å². The molecular formula is C20H25N3O4. The lowest BCUT2D eigenvalue weighted by molar-refractivity contribution is 0.130. The van der Waals surface area contributed by atoms with Crippen LogP contribution in [-0.2, 0) is 6.42 Å². The fourth-order valence-corrected chi connectivity index (χ4v) is 4.14. The number of hydrogen-bond acceptors (Lipinski definition) is 5. The molecule has 2 N–H and O–H groups in total. The molecule has 144 valence electrons. The lowest BCUT2D eigenvalue weighted by Crippen LogP contribution is -2.46. The van der Waals surface area contributed by atoms with Crippen molar-refractivity contribution in [3.63, 3.8) is 0 Å². The Bertz CT molecular complexity index is 828. The molecule has 3 heterocycles. The van der Waals surface area contributed by atoms with E-state index in [0.717, 1.165) is 61.3 Å². The van der Waals surface area contributed by atoms with Gasteiger partial charge in [-0.25, -0.2) is 4.79 Å². The minimum atomic E-state index is -0.929. The van der Waals surface area contributed by atoms with E-state index in [-0.39, 0.29) is 6.04 Å². The molecule has 1 fully saturated rings. The van der Waals surface area contributed by atoms with Crippen molar-refractivity contribution in [2.75, 3.05) is 33.4 Å². The molecule has 2 aliphatic heterocycles. The summed E-state index contributed by atoms with van der Waals surface area (Å²) < 4.78 is 11.4. The highest BCUT2D eigenvalue weighted by atomic mass is 16.5. The second kappa shape index (κ2) is 7.60. The summed E-state index contributed by atoms with van der Waals surface area (Å²) in [6, 6.07) is 6.02. The van der Waals surface area contributed by atoms with Gasteiger partial charge in [0, 0.05) is 42.5 Å². The highest BCUT2D eigenvalue weighted by Crippen LogP contribution is 2.34. The third kappa shape index (κ3) is 3.93. The first-order valence-electron chi connectivity index (χ1n) is 9.42. The second-order valence-corrected chi connectivity index (χ2v) is 7.39. The van der Waals surface area contributed by atoms with Gasteiger partial charge in [-0.2, -0.15) is 0 Å². The lowest BCUT2D eigenvalue weighted by atomic mass is 9.93. The Morgan fingerprint density at radius 3 is 2.96 bits per heavy atom. The van der Waals surface area contributed by atoms with Crippen molar-refractivity contribution in [2.45, 2.75) is 25.3 Å². The van der Waals surface area contributed by atoms with Crippen LogP contribution in [0.15, 0.2) is 24.4 Å². The standard InChI is InChI=1S/C20H25N3O4/c1-26-15-2-3-18-16(9-15)17-8-13(12-27-19(17)10-21-18)11-23-6-4-14(5-7-23)22-20(24)25/h2-3,9-10,13-14,22H,4-8,11-12H2,1H3,(H,24,25). The molecule has 1 aromatic heterocycles. The predicted molar refractivity (Wildman–Crippen MR) is 102 cm³/mol. The van der Waals surface area contributed by atoms with Crippen LogP contribution in [-0.4, -0.2) is 60.5 Å². The van der Waals surface area contributed by atoms with E-state index >= 15 is 0 Å². The van der Waals surface area contributed by atoms with Crippen molar-refractivity contribution in [3.8, 4) is 11.5 Å². The first kappa shape index (κ1) is 17.9. The average molecular weight is 371 g/mol. The molecule has 2 aliphatic rings. The molecule has 0 saturated carbocycles. The zero-order chi connectivity index (χ0) is 18.8. The maximum absolute atomic E-state index is 10.8. The normalized spacial score (nSPS) is 20.7. The van der Waals surface area contributed by atoms with E-state index in [1.807, 2.05) is 24.4 Å². The van der Waals surface area contributed by atoms with Crippen molar-refractivity contribution in [3.05, 3.63) is 30.0 Å². The van der Waals surface area contributed by atoms with Gasteiger partial charge in [0.05, 0.1) is 25.4 Å². The number of amides is 1. The molecule has 2 aromatic rings. The molecule has 1 amide bonds. The second-order valence-electron chi connectivity index (χ2n) is 7.39. The molecule has 1 unspecified atom stereocenters. The van der Waals surface area contributed by atoms with Gasteiger partial charge in [0.15, 0.2) is 0 Å². The number of likely N-dealkylation sites (tertiary alicyclic amines) is 1. The van der Waals surface area contributed by atoms with E-state index in [4.69, 9.17) is 14.6 Å². The number of methoxy groups -OCH3 is 1. The van der Waals surface area contributed by atoms with Crippen LogP contribution in [0.4, 0.5) is 4.79 Å². The third-order valence-corrected chi connectivity index (χ3v) is 5.55. The van der Waals surface area contributed by atoms with E-state index in [0.29, 0.717) is 12.5 Å². The van der Waals surface area contributed by atoms with Crippen LogP contribution in [0.1, 0.15) is 18.4 Å². The SMILES string of the molecule is COc1ccc2ncc3c(c2c1)CC(CN1CCC(NC(=O)O)CC1)CO3. The molecule has 27 heavy (non-hydrogen) atoms. The number of carboxylic acid groups (broad SMARTS) is 1. The van der Waals surface area contributed by atoms with Gasteiger partial charge in [-0.15, -0.1) is 0 Å². The van der Waals surface area contributed by atoms with Gasteiger partial charge < -0.3 is 24.8 Å². The van der Waals surface area contributed by atoms with Crippen LogP contribution < -0.4 is 14.8 Å². The number of nitrogens with one attached hydrogen (secondary N) is 1. The monoisotopic (exact) mass is 371 g/mol. The van der Waals surface area contributed by atoms with Crippen molar-refractivity contribution >= 4 is 17.0 Å². The largest absolute Gasteiger partial charge is 0.497 e. The summed E-state index contributed by atoms with van der Waals surface area (Å²) in [5, 5.41) is 12.5. The lowest BCUT2D eigenvalue weighted by Gasteiger charge is -2.35. The first-order chi connectivity index (χ1) is 13.1. The maximum Gasteiger partial charge on any atom is 0.404 e. The quantitative estimate of drug-likeness (QED) is 0.859. The fourth-order valence-electron chi connectivity index (χ4n) is 4.14. The van der Waals surface area contributed by atoms with Crippen LogP contribution in [0.2, 0.25) is 0 Å². The minimum absolute atomic E-state index is 0.0737. The summed E-state index contributed by atoms with van der Waals surface area (Å²) in [5.41, 5.74) is 2.16. The van der Waals surface area contributed by atoms with Gasteiger partial charge >= 0.3 is 6.09 Å². The van der Waals surface area contributed by atoms with Crippen LogP contribution >= 0.6 is 0 Å². The Hall–Kier alpha value is -2.54. The molecule has 1 aromatic carbocycles. The number of carbonyl (C=O) groups is 1. The molecule has 4 rings (SSSR count). The third-order valence-electron chi connectivity index (χ3n) is 5.55. The van der Waals surface area contributed by atoms with E-state index < -0.39 is 6.09 Å². The number of ether oxygens (including phenoxy) is 2. The predicted octanol–water partition coefficient (Wildman–Crippen LogP) is 2.53. The Labute approximate surface area is 158 Å². The summed E-state index contributed by atoms with van der Waals surface area (Å²) in [6.45, 7) is 3.49. The van der Waals surface area contributed by atoms with E-state index in [9.17, 15) is 4.79 Å². The zero-order valence-electron chi connectivity index (χ0n) is 15.5. The Morgan fingerprint density at radius 2 is 2.22 bits per heavy atom. The van der Waals surface area contributed by atoms with Crippen molar-refractivity contribution < 1.29 is 19.4 Å². The number of aromatic nitrogens is 1. The molecule has 0 aliphatic carbocycles. The minimum Gasteiger partial charge on any atom is -0.497 e. The molecule has 1 atom stereocenters. The van der Waals surface area contributed by atoms with E-state index in [1.54, 1.807) is 7.11 Å². The van der Waals surface area contributed by atoms with Gasteiger partial charge in [-0.05, 0) is 37.5 Å². The Kier molecular flexibility index (Phi) is 5.03. The number of nitrogens with zero attached hydrogens (tertiary/aromatic N) is 2. The topological polar surface area (TPSA) is 83.9 Å². The molecule has 0 spiro atoms. The molecule has 7 nitrogen and oxygen atoms in total. The molecule has 0 radical (unpaired) electrons. The molecular weight excluding hydrogens is 346 g/mol. The highest BCUT2D eigenvalue weighted by Gasteiger charge is 2.27. The number of pyridine rings is 1. The summed E-state index contributed by atoms with van der Waals surface area (Å²) >= 11 is 0.